The fraction of sp³-hybridized carbons (Fsp3) is 0.326. The van der Waals surface area contributed by atoms with E-state index in [1.807, 2.05) is 82.6 Å². The summed E-state index contributed by atoms with van der Waals surface area (Å²) in [5.41, 5.74) is 4.79. The largest absolute Gasteiger partial charge is 0.368 e. The second-order valence-electron chi connectivity index (χ2n) is 14.1. The molecule has 0 spiro atoms. The fourth-order valence-electron chi connectivity index (χ4n) is 7.07. The van der Waals surface area contributed by atoms with Crippen LogP contribution < -0.4 is 4.90 Å². The number of carbonyl (C=O) groups excluding carboxylic acids is 3. The van der Waals surface area contributed by atoms with Crippen molar-refractivity contribution in [1.29, 1.82) is 0 Å². The van der Waals surface area contributed by atoms with Crippen LogP contribution in [-0.4, -0.2) is 110 Å². The standard InChI is InChI=1S/C43H49N5O5S/c1-34(49)45-27-29-46(30-28-45)39-18-13-38(14-19-39)33-48(42(50)22-17-35-15-20-40(21-16-35)54(2,52)53)41(31-36-9-5-3-6-10-36)43(51)47-25-23-44(24-26-47)32-37-11-7-4-8-12-37/h3-22,41H,23-33H2,1-2H3/b22-17+/t41-/m0/s1. The van der Waals surface area contributed by atoms with Crippen LogP contribution in [0, 0.1) is 0 Å². The maximum Gasteiger partial charge on any atom is 0.247 e. The van der Waals surface area contributed by atoms with Crippen LogP contribution in [0.1, 0.15) is 29.2 Å². The number of anilines is 1. The number of hydrogen-bond donors (Lipinski definition) is 0. The highest BCUT2D eigenvalue weighted by Crippen LogP contribution is 2.22. The number of carbonyl (C=O) groups is 3. The van der Waals surface area contributed by atoms with E-state index in [9.17, 15) is 22.8 Å². The maximum absolute atomic E-state index is 14.6. The topological polar surface area (TPSA) is 102 Å². The first kappa shape index (κ1) is 38.5. The summed E-state index contributed by atoms with van der Waals surface area (Å²) in [6, 6.07) is 33.8. The summed E-state index contributed by atoms with van der Waals surface area (Å²) in [6.45, 7) is 8.06. The molecule has 2 aliphatic rings. The molecule has 6 rings (SSSR count). The second kappa shape index (κ2) is 17.7. The van der Waals surface area contributed by atoms with E-state index in [1.165, 1.54) is 23.8 Å². The molecule has 0 bridgehead atoms. The number of rotatable bonds is 12. The van der Waals surface area contributed by atoms with Gasteiger partial charge < -0.3 is 19.6 Å². The first-order valence-electron chi connectivity index (χ1n) is 18.5. The summed E-state index contributed by atoms with van der Waals surface area (Å²) >= 11 is 0. The summed E-state index contributed by atoms with van der Waals surface area (Å²) in [4.78, 5) is 51.1. The van der Waals surface area contributed by atoms with Crippen molar-refractivity contribution in [2.45, 2.75) is 37.4 Å². The van der Waals surface area contributed by atoms with E-state index < -0.39 is 15.9 Å². The Balaban J connectivity index is 1.25. The van der Waals surface area contributed by atoms with Crippen molar-refractivity contribution < 1.29 is 22.8 Å². The summed E-state index contributed by atoms with van der Waals surface area (Å²) in [6.07, 6.45) is 4.65. The summed E-state index contributed by atoms with van der Waals surface area (Å²) in [5.74, 6) is -0.315. The Hall–Kier alpha value is -5.26. The van der Waals surface area contributed by atoms with E-state index in [4.69, 9.17) is 0 Å². The highest BCUT2D eigenvalue weighted by Gasteiger charge is 2.34. The third kappa shape index (κ3) is 10.2. The number of benzene rings is 4. The number of nitrogens with zero attached hydrogens (tertiary/aromatic N) is 5. The minimum atomic E-state index is -3.36. The molecule has 0 unspecified atom stereocenters. The van der Waals surface area contributed by atoms with Gasteiger partial charge in [0.1, 0.15) is 6.04 Å². The van der Waals surface area contributed by atoms with Crippen LogP contribution in [0.15, 0.2) is 120 Å². The average molecular weight is 748 g/mol. The van der Waals surface area contributed by atoms with Gasteiger partial charge in [-0.3, -0.25) is 19.3 Å². The van der Waals surface area contributed by atoms with Crippen molar-refractivity contribution in [1.82, 2.24) is 19.6 Å². The van der Waals surface area contributed by atoms with Gasteiger partial charge in [0.25, 0.3) is 0 Å². The number of amides is 3. The van der Waals surface area contributed by atoms with E-state index in [0.717, 1.165) is 55.8 Å². The lowest BCUT2D eigenvalue weighted by Crippen LogP contribution is -2.56. The fourth-order valence-corrected chi connectivity index (χ4v) is 7.70. The molecule has 2 heterocycles. The van der Waals surface area contributed by atoms with Crippen molar-refractivity contribution in [3.05, 3.63) is 138 Å². The first-order valence-corrected chi connectivity index (χ1v) is 20.4. The average Bonchev–Trinajstić information content (AvgIpc) is 3.19. The van der Waals surface area contributed by atoms with Crippen LogP contribution in [0.3, 0.4) is 0 Å². The van der Waals surface area contributed by atoms with Gasteiger partial charge >= 0.3 is 0 Å². The molecule has 0 saturated carbocycles. The predicted octanol–water partition coefficient (Wildman–Crippen LogP) is 4.76. The summed E-state index contributed by atoms with van der Waals surface area (Å²) < 4.78 is 24.0. The first-order chi connectivity index (χ1) is 26.0. The summed E-state index contributed by atoms with van der Waals surface area (Å²) in [5, 5.41) is 0. The minimum absolute atomic E-state index is 0.0857. The molecular formula is C43H49N5O5S. The van der Waals surface area contributed by atoms with Crippen molar-refractivity contribution in [2.24, 2.45) is 0 Å². The third-order valence-electron chi connectivity index (χ3n) is 10.3. The van der Waals surface area contributed by atoms with Crippen LogP contribution in [-0.2, 0) is 43.7 Å². The van der Waals surface area contributed by atoms with Crippen molar-refractivity contribution in [2.75, 3.05) is 63.5 Å². The van der Waals surface area contributed by atoms with Crippen LogP contribution in [0.2, 0.25) is 0 Å². The van der Waals surface area contributed by atoms with Gasteiger partial charge in [0.2, 0.25) is 17.7 Å². The van der Waals surface area contributed by atoms with Gasteiger partial charge in [0.05, 0.1) is 4.90 Å². The van der Waals surface area contributed by atoms with E-state index in [1.54, 1.807) is 30.0 Å². The molecular weight excluding hydrogens is 699 g/mol. The molecule has 0 radical (unpaired) electrons. The Morgan fingerprint density at radius 1 is 0.685 bits per heavy atom. The molecule has 4 aromatic carbocycles. The molecule has 2 saturated heterocycles. The van der Waals surface area contributed by atoms with Crippen LogP contribution in [0.4, 0.5) is 5.69 Å². The van der Waals surface area contributed by atoms with Gasteiger partial charge in [-0.1, -0.05) is 84.9 Å². The number of sulfone groups is 1. The quantitative estimate of drug-likeness (QED) is 0.193. The van der Waals surface area contributed by atoms with Gasteiger partial charge in [-0.15, -0.1) is 0 Å². The molecule has 3 amide bonds. The Bertz CT molecular complexity index is 2010. The zero-order valence-electron chi connectivity index (χ0n) is 31.1. The highest BCUT2D eigenvalue weighted by atomic mass is 32.2. The molecule has 2 aliphatic heterocycles. The van der Waals surface area contributed by atoms with Gasteiger partial charge in [0.15, 0.2) is 9.84 Å². The lowest BCUT2D eigenvalue weighted by Gasteiger charge is -2.39. The lowest BCUT2D eigenvalue weighted by molar-refractivity contribution is -0.145. The van der Waals surface area contributed by atoms with Gasteiger partial charge in [-0.05, 0) is 52.6 Å². The zero-order valence-corrected chi connectivity index (χ0v) is 31.9. The molecule has 1 atom stereocenters. The molecule has 10 nitrogen and oxygen atoms in total. The smallest absolute Gasteiger partial charge is 0.247 e. The van der Waals surface area contributed by atoms with Crippen LogP contribution in [0.5, 0.6) is 0 Å². The van der Waals surface area contributed by atoms with E-state index >= 15 is 0 Å². The predicted molar refractivity (Wildman–Crippen MR) is 212 cm³/mol. The Kier molecular flexibility index (Phi) is 12.6. The third-order valence-corrected chi connectivity index (χ3v) is 11.4. The molecule has 0 aliphatic carbocycles. The van der Waals surface area contributed by atoms with Gasteiger partial charge in [0, 0.05) is 96.8 Å². The van der Waals surface area contributed by atoms with Crippen LogP contribution >= 0.6 is 0 Å². The Morgan fingerprint density at radius 2 is 1.26 bits per heavy atom. The second-order valence-corrected chi connectivity index (χ2v) is 16.1. The molecule has 0 N–H and O–H groups in total. The molecule has 11 heteroatoms. The molecule has 4 aromatic rings. The molecule has 2 fully saturated rings. The van der Waals surface area contributed by atoms with Gasteiger partial charge in [-0.2, -0.15) is 0 Å². The van der Waals surface area contributed by atoms with Crippen molar-refractivity contribution in [3.8, 4) is 0 Å². The monoisotopic (exact) mass is 747 g/mol. The highest BCUT2D eigenvalue weighted by molar-refractivity contribution is 7.90. The Morgan fingerprint density at radius 3 is 1.83 bits per heavy atom. The van der Waals surface area contributed by atoms with Crippen molar-refractivity contribution >= 4 is 39.3 Å². The normalized spacial score (nSPS) is 16.0. The molecule has 54 heavy (non-hydrogen) atoms. The molecule has 282 valence electrons. The number of hydrogen-bond acceptors (Lipinski definition) is 7. The maximum atomic E-state index is 14.6. The Labute approximate surface area is 319 Å². The molecule has 0 aromatic heterocycles. The van der Waals surface area contributed by atoms with Gasteiger partial charge in [-0.25, -0.2) is 8.42 Å². The summed E-state index contributed by atoms with van der Waals surface area (Å²) in [7, 11) is -3.36. The van der Waals surface area contributed by atoms with E-state index in [0.29, 0.717) is 38.2 Å². The SMILES string of the molecule is CC(=O)N1CCN(c2ccc(CN(C(=O)/C=C/c3ccc(S(C)(=O)=O)cc3)[C@@H](Cc3ccccc3)C(=O)N3CCN(Cc4ccccc4)CC3)cc2)CC1. The zero-order chi connectivity index (χ0) is 38.1. The lowest BCUT2D eigenvalue weighted by atomic mass is 10.0. The van der Waals surface area contributed by atoms with Crippen LogP contribution in [0.25, 0.3) is 6.08 Å². The van der Waals surface area contributed by atoms with E-state index in [2.05, 4.69) is 21.9 Å². The van der Waals surface area contributed by atoms with Crippen molar-refractivity contribution in [3.63, 3.8) is 0 Å². The number of piperazine rings is 2. The van der Waals surface area contributed by atoms with E-state index in [-0.39, 0.29) is 29.2 Å². The minimum Gasteiger partial charge on any atom is -0.368 e.